The van der Waals surface area contributed by atoms with E-state index in [2.05, 4.69) is 19.9 Å². The quantitative estimate of drug-likeness (QED) is 0.772. The van der Waals surface area contributed by atoms with Gasteiger partial charge in [-0.25, -0.2) is 4.98 Å². The summed E-state index contributed by atoms with van der Waals surface area (Å²) in [5.41, 5.74) is 1.91. The lowest BCUT2D eigenvalue weighted by atomic mass is 9.95. The Bertz CT molecular complexity index is 980. The number of carbonyl (C=O) groups is 1. The van der Waals surface area contributed by atoms with Crippen molar-refractivity contribution < 1.29 is 4.79 Å². The van der Waals surface area contributed by atoms with Gasteiger partial charge in [0.15, 0.2) is 0 Å². The number of piperidine rings is 1. The van der Waals surface area contributed by atoms with Crippen LogP contribution in [-0.2, 0) is 0 Å². The fourth-order valence-corrected chi connectivity index (χ4v) is 3.37. The average molecular weight is 361 g/mol. The van der Waals surface area contributed by atoms with E-state index >= 15 is 0 Å². The monoisotopic (exact) mass is 361 g/mol. The number of pyridine rings is 2. The highest BCUT2D eigenvalue weighted by Gasteiger charge is 2.26. The molecule has 1 N–H and O–H groups in total. The van der Waals surface area contributed by atoms with Crippen molar-refractivity contribution in [2.75, 3.05) is 13.1 Å². The first-order valence-electron chi connectivity index (χ1n) is 8.91. The Labute approximate surface area is 156 Å². The van der Waals surface area contributed by atoms with Gasteiger partial charge in [0.1, 0.15) is 5.82 Å². The van der Waals surface area contributed by atoms with Gasteiger partial charge in [0.2, 0.25) is 0 Å². The molecule has 0 saturated carbocycles. The summed E-state index contributed by atoms with van der Waals surface area (Å²) < 4.78 is 0. The molecule has 3 aromatic rings. The van der Waals surface area contributed by atoms with E-state index in [4.69, 9.17) is 0 Å². The summed E-state index contributed by atoms with van der Waals surface area (Å²) in [6.45, 7) is 1.26. The highest BCUT2D eigenvalue weighted by molar-refractivity contribution is 5.94. The van der Waals surface area contributed by atoms with Crippen LogP contribution in [0.25, 0.3) is 11.3 Å². The second kappa shape index (κ2) is 7.49. The predicted molar refractivity (Wildman–Crippen MR) is 100 cm³/mol. The van der Waals surface area contributed by atoms with Crippen LogP contribution in [-0.4, -0.2) is 43.8 Å². The molecule has 7 nitrogen and oxygen atoms in total. The van der Waals surface area contributed by atoms with E-state index in [0.29, 0.717) is 30.2 Å². The standard InChI is InChI=1S/C20H19N5O2/c26-18-12-17(16-2-1-7-22-13-16)23-19(24-18)14-5-10-25(11-6-14)20(27)15-3-8-21-9-4-15/h1-4,7-9,12-14H,5-6,10-11H2,(H,23,24,26). The Morgan fingerprint density at radius 2 is 1.85 bits per heavy atom. The SMILES string of the molecule is O=C(c1ccncc1)N1CCC(c2nc(-c3cccnc3)cc(=O)[nH]2)CC1. The maximum absolute atomic E-state index is 12.6. The lowest BCUT2D eigenvalue weighted by Crippen LogP contribution is -2.38. The maximum atomic E-state index is 12.6. The Kier molecular flexibility index (Phi) is 4.74. The molecule has 1 amide bonds. The Morgan fingerprint density at radius 1 is 1.07 bits per heavy atom. The van der Waals surface area contributed by atoms with Crippen molar-refractivity contribution in [3.8, 4) is 11.3 Å². The van der Waals surface area contributed by atoms with Crippen LogP contribution >= 0.6 is 0 Å². The zero-order valence-electron chi connectivity index (χ0n) is 14.7. The van der Waals surface area contributed by atoms with Crippen LogP contribution in [0.5, 0.6) is 0 Å². The van der Waals surface area contributed by atoms with Gasteiger partial charge in [-0.15, -0.1) is 0 Å². The van der Waals surface area contributed by atoms with Crippen LogP contribution in [0.1, 0.15) is 34.9 Å². The number of likely N-dealkylation sites (tertiary alicyclic amines) is 1. The fraction of sp³-hybridized carbons (Fsp3) is 0.250. The van der Waals surface area contributed by atoms with Gasteiger partial charge >= 0.3 is 0 Å². The summed E-state index contributed by atoms with van der Waals surface area (Å²) in [6.07, 6.45) is 8.15. The van der Waals surface area contributed by atoms with Crippen molar-refractivity contribution in [2.24, 2.45) is 0 Å². The lowest BCUT2D eigenvalue weighted by molar-refractivity contribution is 0.0711. The zero-order valence-corrected chi connectivity index (χ0v) is 14.7. The number of rotatable bonds is 3. The van der Waals surface area contributed by atoms with Gasteiger partial charge in [-0.3, -0.25) is 19.6 Å². The van der Waals surface area contributed by atoms with Crippen LogP contribution in [0.15, 0.2) is 59.9 Å². The molecule has 1 aliphatic rings. The molecule has 27 heavy (non-hydrogen) atoms. The number of H-pyrrole nitrogens is 1. The molecule has 1 saturated heterocycles. The van der Waals surface area contributed by atoms with Crippen molar-refractivity contribution in [1.82, 2.24) is 24.8 Å². The summed E-state index contributed by atoms with van der Waals surface area (Å²) in [6, 6.07) is 8.65. The molecule has 0 aromatic carbocycles. The Morgan fingerprint density at radius 3 is 2.56 bits per heavy atom. The van der Waals surface area contributed by atoms with Crippen LogP contribution in [0.3, 0.4) is 0 Å². The number of hydrogen-bond donors (Lipinski definition) is 1. The smallest absolute Gasteiger partial charge is 0.253 e. The number of carbonyl (C=O) groups excluding carboxylic acids is 1. The Hall–Kier alpha value is -3.35. The predicted octanol–water partition coefficient (Wildman–Crippen LogP) is 2.25. The first-order valence-corrected chi connectivity index (χ1v) is 8.91. The molecule has 1 fully saturated rings. The van der Waals surface area contributed by atoms with E-state index < -0.39 is 0 Å². The third kappa shape index (κ3) is 3.76. The van der Waals surface area contributed by atoms with Crippen LogP contribution in [0.4, 0.5) is 0 Å². The minimum Gasteiger partial charge on any atom is -0.339 e. The van der Waals surface area contributed by atoms with Crippen LogP contribution in [0, 0.1) is 0 Å². The second-order valence-electron chi connectivity index (χ2n) is 6.56. The highest BCUT2D eigenvalue weighted by Crippen LogP contribution is 2.27. The molecular formula is C20H19N5O2. The van der Waals surface area contributed by atoms with Crippen molar-refractivity contribution in [2.45, 2.75) is 18.8 Å². The van der Waals surface area contributed by atoms with Crippen molar-refractivity contribution >= 4 is 5.91 Å². The van der Waals surface area contributed by atoms with E-state index in [-0.39, 0.29) is 17.4 Å². The fourth-order valence-electron chi connectivity index (χ4n) is 3.37. The number of nitrogens with one attached hydrogen (secondary N) is 1. The van der Waals surface area contributed by atoms with Crippen molar-refractivity contribution in [1.29, 1.82) is 0 Å². The molecule has 136 valence electrons. The molecule has 0 aliphatic carbocycles. The second-order valence-corrected chi connectivity index (χ2v) is 6.56. The molecule has 7 heteroatoms. The van der Waals surface area contributed by atoms with Crippen LogP contribution in [0.2, 0.25) is 0 Å². The molecule has 3 aromatic heterocycles. The largest absolute Gasteiger partial charge is 0.339 e. The Balaban J connectivity index is 1.49. The van der Waals surface area contributed by atoms with Gasteiger partial charge < -0.3 is 9.88 Å². The molecule has 0 atom stereocenters. The van der Waals surface area contributed by atoms with Gasteiger partial charge in [0.05, 0.1) is 5.69 Å². The maximum Gasteiger partial charge on any atom is 0.253 e. The van der Waals surface area contributed by atoms with Gasteiger partial charge in [-0.05, 0) is 37.1 Å². The third-order valence-electron chi connectivity index (χ3n) is 4.81. The van der Waals surface area contributed by atoms with Crippen LogP contribution < -0.4 is 5.56 Å². The van der Waals surface area contributed by atoms with Crippen molar-refractivity contribution in [3.05, 3.63) is 76.9 Å². The summed E-state index contributed by atoms with van der Waals surface area (Å²) in [5.74, 6) is 0.814. The summed E-state index contributed by atoms with van der Waals surface area (Å²) in [7, 11) is 0. The first kappa shape index (κ1) is 17.1. The highest BCUT2D eigenvalue weighted by atomic mass is 16.2. The minimum absolute atomic E-state index is 0.0152. The summed E-state index contributed by atoms with van der Waals surface area (Å²) in [5, 5.41) is 0. The van der Waals surface area contributed by atoms with Gasteiger partial charge in [0, 0.05) is 61.0 Å². The van der Waals surface area contributed by atoms with Crippen molar-refractivity contribution in [3.63, 3.8) is 0 Å². The molecular weight excluding hydrogens is 342 g/mol. The molecule has 0 spiro atoms. The molecule has 4 rings (SSSR count). The third-order valence-corrected chi connectivity index (χ3v) is 4.81. The molecule has 4 heterocycles. The average Bonchev–Trinajstić information content (AvgIpc) is 2.74. The number of nitrogens with zero attached hydrogens (tertiary/aromatic N) is 4. The van der Waals surface area contributed by atoms with E-state index in [1.54, 1.807) is 36.9 Å². The summed E-state index contributed by atoms with van der Waals surface area (Å²) in [4.78, 5) is 42.0. The van der Waals surface area contributed by atoms with E-state index in [0.717, 1.165) is 18.4 Å². The number of aromatic amines is 1. The number of amides is 1. The molecule has 0 unspecified atom stereocenters. The van der Waals surface area contributed by atoms with E-state index in [1.807, 2.05) is 17.0 Å². The van der Waals surface area contributed by atoms with E-state index in [1.165, 1.54) is 6.07 Å². The normalized spacial score (nSPS) is 14.9. The molecule has 0 bridgehead atoms. The first-order chi connectivity index (χ1) is 13.2. The number of hydrogen-bond acceptors (Lipinski definition) is 5. The van der Waals surface area contributed by atoms with Gasteiger partial charge in [0.25, 0.3) is 11.5 Å². The van der Waals surface area contributed by atoms with Gasteiger partial charge in [-0.1, -0.05) is 0 Å². The molecule has 0 radical (unpaired) electrons. The lowest BCUT2D eigenvalue weighted by Gasteiger charge is -2.31. The topological polar surface area (TPSA) is 91.8 Å². The van der Waals surface area contributed by atoms with E-state index in [9.17, 15) is 9.59 Å². The summed E-state index contributed by atoms with van der Waals surface area (Å²) >= 11 is 0. The van der Waals surface area contributed by atoms with Gasteiger partial charge in [-0.2, -0.15) is 0 Å². The minimum atomic E-state index is -0.172. The molecule has 1 aliphatic heterocycles. The number of aromatic nitrogens is 4. The zero-order chi connectivity index (χ0) is 18.6.